The van der Waals surface area contributed by atoms with Crippen molar-refractivity contribution < 1.29 is 14.7 Å². The molecule has 102 valence electrons. The first kappa shape index (κ1) is 12.4. The van der Waals surface area contributed by atoms with Gasteiger partial charge in [-0.05, 0) is 12.1 Å². The van der Waals surface area contributed by atoms with Gasteiger partial charge in [0, 0.05) is 6.42 Å². The lowest BCUT2D eigenvalue weighted by Crippen LogP contribution is -1.94. The van der Waals surface area contributed by atoms with Gasteiger partial charge in [0.25, 0.3) is 5.89 Å². The van der Waals surface area contributed by atoms with Crippen molar-refractivity contribution in [3.8, 4) is 23.0 Å². The van der Waals surface area contributed by atoms with Crippen molar-refractivity contribution in [2.75, 3.05) is 6.61 Å². The van der Waals surface area contributed by atoms with Crippen LogP contribution in [0.5, 0.6) is 5.75 Å². The largest absolute Gasteiger partial charge is 0.504 e. The molecule has 0 aliphatic heterocycles. The summed E-state index contributed by atoms with van der Waals surface area (Å²) < 4.78 is 6.55. The first-order chi connectivity index (χ1) is 9.78. The van der Waals surface area contributed by atoms with Crippen LogP contribution in [0.15, 0.2) is 41.1 Å². The number of aromatic hydroxyl groups is 1. The van der Waals surface area contributed by atoms with E-state index in [1.807, 2.05) is 30.3 Å². The lowest BCUT2D eigenvalue weighted by Gasteiger charge is -1.98. The number of para-hydroxylation sites is 1. The molecule has 7 nitrogen and oxygen atoms in total. The minimum atomic E-state index is -0.0661. The highest BCUT2D eigenvalue weighted by Crippen LogP contribution is 2.27. The van der Waals surface area contributed by atoms with Crippen LogP contribution in [-0.4, -0.2) is 36.7 Å². The second-order valence-electron chi connectivity index (χ2n) is 4.13. The van der Waals surface area contributed by atoms with Crippen molar-refractivity contribution in [3.05, 3.63) is 42.4 Å². The molecule has 0 radical (unpaired) electrons. The molecule has 0 aliphatic carbocycles. The van der Waals surface area contributed by atoms with E-state index in [0.717, 1.165) is 5.69 Å². The maximum Gasteiger partial charge on any atom is 0.282 e. The zero-order valence-corrected chi connectivity index (χ0v) is 10.5. The van der Waals surface area contributed by atoms with Gasteiger partial charge < -0.3 is 14.7 Å². The monoisotopic (exact) mass is 272 g/mol. The SMILES string of the molecule is OCCc1noc(-c2nn(-c3ccccc3)cc2O)n1. The Morgan fingerprint density at radius 3 is 2.75 bits per heavy atom. The van der Waals surface area contributed by atoms with E-state index >= 15 is 0 Å². The van der Waals surface area contributed by atoms with Crippen LogP contribution in [0.25, 0.3) is 17.3 Å². The third-order valence-electron chi connectivity index (χ3n) is 2.72. The number of nitrogens with zero attached hydrogens (tertiary/aromatic N) is 4. The van der Waals surface area contributed by atoms with Gasteiger partial charge in [0.05, 0.1) is 18.5 Å². The summed E-state index contributed by atoms with van der Waals surface area (Å²) in [6, 6.07) is 9.37. The Bertz CT molecular complexity index is 705. The number of rotatable bonds is 4. The van der Waals surface area contributed by atoms with Crippen LogP contribution >= 0.6 is 0 Å². The molecule has 0 fully saturated rings. The summed E-state index contributed by atoms with van der Waals surface area (Å²) in [5, 5.41) is 26.7. The number of aromatic nitrogens is 4. The Morgan fingerprint density at radius 1 is 1.20 bits per heavy atom. The molecule has 0 atom stereocenters. The Morgan fingerprint density at radius 2 is 2.00 bits per heavy atom. The van der Waals surface area contributed by atoms with Gasteiger partial charge in [-0.15, -0.1) is 0 Å². The van der Waals surface area contributed by atoms with E-state index in [-0.39, 0.29) is 23.9 Å². The van der Waals surface area contributed by atoms with Crippen molar-refractivity contribution in [2.24, 2.45) is 0 Å². The zero-order chi connectivity index (χ0) is 13.9. The summed E-state index contributed by atoms with van der Waals surface area (Å²) in [5.74, 6) is 0.449. The number of hydrogen-bond acceptors (Lipinski definition) is 6. The molecule has 0 bridgehead atoms. The van der Waals surface area contributed by atoms with Crippen molar-refractivity contribution in [3.63, 3.8) is 0 Å². The molecular weight excluding hydrogens is 260 g/mol. The number of hydrogen-bond donors (Lipinski definition) is 2. The molecule has 20 heavy (non-hydrogen) atoms. The molecule has 1 aromatic carbocycles. The zero-order valence-electron chi connectivity index (χ0n) is 10.5. The Hall–Kier alpha value is -2.67. The molecule has 0 unspecified atom stereocenters. The minimum Gasteiger partial charge on any atom is -0.504 e. The molecule has 0 saturated carbocycles. The molecule has 0 saturated heterocycles. The second kappa shape index (κ2) is 5.14. The predicted molar refractivity (Wildman–Crippen MR) is 69.3 cm³/mol. The highest BCUT2D eigenvalue weighted by atomic mass is 16.5. The average Bonchev–Trinajstić information content (AvgIpc) is 3.07. The summed E-state index contributed by atoms with van der Waals surface area (Å²) >= 11 is 0. The quantitative estimate of drug-likeness (QED) is 0.739. The van der Waals surface area contributed by atoms with E-state index in [1.54, 1.807) is 0 Å². The molecule has 3 rings (SSSR count). The summed E-state index contributed by atoms with van der Waals surface area (Å²) in [6.45, 7) is -0.0661. The van der Waals surface area contributed by atoms with Crippen LogP contribution in [0.2, 0.25) is 0 Å². The van der Waals surface area contributed by atoms with E-state index in [9.17, 15) is 5.11 Å². The standard InChI is InChI=1S/C13H12N4O3/c18-7-6-11-14-13(20-16-11)12-10(19)8-17(15-12)9-4-2-1-3-5-9/h1-5,8,18-19H,6-7H2. The van der Waals surface area contributed by atoms with Gasteiger partial charge >= 0.3 is 0 Å². The topological polar surface area (TPSA) is 97.2 Å². The average molecular weight is 272 g/mol. The van der Waals surface area contributed by atoms with Gasteiger partial charge in [-0.25, -0.2) is 4.68 Å². The number of aliphatic hydroxyl groups excluding tert-OH is 1. The van der Waals surface area contributed by atoms with Gasteiger partial charge in [-0.3, -0.25) is 0 Å². The van der Waals surface area contributed by atoms with Crippen molar-refractivity contribution in [2.45, 2.75) is 6.42 Å². The van der Waals surface area contributed by atoms with Gasteiger partial charge in [0.15, 0.2) is 17.3 Å². The van der Waals surface area contributed by atoms with Crippen LogP contribution in [0.1, 0.15) is 5.82 Å². The summed E-state index contributed by atoms with van der Waals surface area (Å²) in [4.78, 5) is 4.06. The van der Waals surface area contributed by atoms with E-state index < -0.39 is 0 Å². The van der Waals surface area contributed by atoms with Crippen molar-refractivity contribution >= 4 is 0 Å². The third-order valence-corrected chi connectivity index (χ3v) is 2.72. The fourth-order valence-electron chi connectivity index (χ4n) is 1.78. The fourth-order valence-corrected chi connectivity index (χ4v) is 1.78. The van der Waals surface area contributed by atoms with Crippen LogP contribution in [-0.2, 0) is 6.42 Å². The van der Waals surface area contributed by atoms with Gasteiger partial charge in [0.1, 0.15) is 0 Å². The Kier molecular flexibility index (Phi) is 3.18. The molecule has 2 heterocycles. The summed E-state index contributed by atoms with van der Waals surface area (Å²) in [6.07, 6.45) is 1.77. The fraction of sp³-hybridized carbons (Fsp3) is 0.154. The van der Waals surface area contributed by atoms with Gasteiger partial charge in [0.2, 0.25) is 0 Å². The van der Waals surface area contributed by atoms with E-state index in [2.05, 4.69) is 15.2 Å². The van der Waals surface area contributed by atoms with Gasteiger partial charge in [-0.1, -0.05) is 23.4 Å². The van der Waals surface area contributed by atoms with E-state index in [4.69, 9.17) is 9.63 Å². The molecule has 2 aromatic heterocycles. The third kappa shape index (κ3) is 2.26. The Labute approximate surface area is 114 Å². The smallest absolute Gasteiger partial charge is 0.282 e. The normalized spacial score (nSPS) is 10.8. The van der Waals surface area contributed by atoms with E-state index in [0.29, 0.717) is 12.2 Å². The maximum atomic E-state index is 9.92. The van der Waals surface area contributed by atoms with Crippen molar-refractivity contribution in [1.29, 1.82) is 0 Å². The second-order valence-corrected chi connectivity index (χ2v) is 4.13. The van der Waals surface area contributed by atoms with Crippen molar-refractivity contribution in [1.82, 2.24) is 19.9 Å². The number of benzene rings is 1. The van der Waals surface area contributed by atoms with Crippen LogP contribution in [0, 0.1) is 0 Å². The van der Waals surface area contributed by atoms with Gasteiger partial charge in [-0.2, -0.15) is 10.1 Å². The lowest BCUT2D eigenvalue weighted by atomic mass is 10.3. The summed E-state index contributed by atoms with van der Waals surface area (Å²) in [5.41, 5.74) is 1.02. The minimum absolute atomic E-state index is 0.0481. The molecule has 0 aliphatic rings. The van der Waals surface area contributed by atoms with Crippen LogP contribution in [0.3, 0.4) is 0 Å². The number of aliphatic hydroxyl groups is 1. The first-order valence-electron chi connectivity index (χ1n) is 6.06. The highest BCUT2D eigenvalue weighted by Gasteiger charge is 2.17. The van der Waals surface area contributed by atoms with E-state index in [1.165, 1.54) is 10.9 Å². The molecule has 7 heteroatoms. The summed E-state index contributed by atoms with van der Waals surface area (Å²) in [7, 11) is 0. The van der Waals surface area contributed by atoms with Crippen LogP contribution in [0.4, 0.5) is 0 Å². The first-order valence-corrected chi connectivity index (χ1v) is 6.06. The molecular formula is C13H12N4O3. The lowest BCUT2D eigenvalue weighted by molar-refractivity contribution is 0.293. The molecule has 0 spiro atoms. The maximum absolute atomic E-state index is 9.92. The molecule has 2 N–H and O–H groups in total. The highest BCUT2D eigenvalue weighted by molar-refractivity contribution is 5.56. The van der Waals surface area contributed by atoms with Crippen LogP contribution < -0.4 is 0 Å². The molecule has 3 aromatic rings. The predicted octanol–water partition coefficient (Wildman–Crippen LogP) is 1.16. The molecule has 0 amide bonds. The Balaban J connectivity index is 1.96.